The number of fused-ring (bicyclic) bond motifs is 1. The molecule has 0 aliphatic heterocycles. The summed E-state index contributed by atoms with van der Waals surface area (Å²) in [6.07, 6.45) is 4.62. The highest BCUT2D eigenvalue weighted by Gasteiger charge is 2.15. The van der Waals surface area contributed by atoms with Crippen LogP contribution in [-0.2, 0) is 9.53 Å². The van der Waals surface area contributed by atoms with Gasteiger partial charge in [0.1, 0.15) is 17.6 Å². The molecule has 3 rings (SSSR count). The number of carbonyl (C=O) groups is 1. The molecule has 8 nitrogen and oxygen atoms in total. The third kappa shape index (κ3) is 6.67. The summed E-state index contributed by atoms with van der Waals surface area (Å²) < 4.78 is 24.1. The Kier molecular flexibility index (Phi) is 8.98. The molecule has 0 aliphatic carbocycles. The molecule has 0 bridgehead atoms. The lowest BCUT2D eigenvalue weighted by molar-refractivity contribution is -0.111. The zero-order valence-electron chi connectivity index (χ0n) is 19.6. The molecule has 1 amide bonds. The van der Waals surface area contributed by atoms with E-state index in [9.17, 15) is 14.4 Å². The van der Waals surface area contributed by atoms with Crippen molar-refractivity contribution < 1.29 is 18.7 Å². The minimum atomic E-state index is -0.551. The van der Waals surface area contributed by atoms with Crippen molar-refractivity contribution in [1.29, 1.82) is 5.26 Å². The number of aromatic nitrogens is 1. The van der Waals surface area contributed by atoms with Crippen LogP contribution in [0.25, 0.3) is 10.9 Å². The number of likely N-dealkylation sites (N-methyl/N-ethyl adjacent to an activating group) is 1. The molecule has 3 aromatic rings. The minimum Gasteiger partial charge on any atom is -0.494 e. The fraction of sp³-hybridized carbons (Fsp3) is 0.240. The summed E-state index contributed by atoms with van der Waals surface area (Å²) in [5.41, 5.74) is 2.12. The Balaban J connectivity index is 1.92. The summed E-state index contributed by atoms with van der Waals surface area (Å²) in [5, 5.41) is 16.1. The first-order valence-electron chi connectivity index (χ1n) is 10.6. The van der Waals surface area contributed by atoms with Gasteiger partial charge in [0, 0.05) is 49.6 Å². The minimum absolute atomic E-state index is 0.0545. The van der Waals surface area contributed by atoms with Crippen molar-refractivity contribution in [1.82, 2.24) is 9.88 Å². The summed E-state index contributed by atoms with van der Waals surface area (Å²) in [5.74, 6) is -0.485. The Hall–Kier alpha value is -3.71. The normalized spacial score (nSPS) is 11.1. The molecule has 0 aliphatic rings. The molecule has 2 N–H and O–H groups in total. The number of hydrogen-bond acceptors (Lipinski definition) is 7. The molecule has 1 aromatic heterocycles. The molecular weight excluding hydrogens is 473 g/mol. The number of pyridine rings is 1. The van der Waals surface area contributed by atoms with E-state index in [0.717, 1.165) is 6.54 Å². The van der Waals surface area contributed by atoms with Gasteiger partial charge in [0.15, 0.2) is 0 Å². The van der Waals surface area contributed by atoms with Gasteiger partial charge in [-0.3, -0.25) is 9.78 Å². The van der Waals surface area contributed by atoms with Crippen LogP contribution in [-0.4, -0.2) is 56.8 Å². The Morgan fingerprint density at radius 2 is 2.11 bits per heavy atom. The number of nitrogens with one attached hydrogen (secondary N) is 2. The van der Waals surface area contributed by atoms with Crippen molar-refractivity contribution in [2.45, 2.75) is 0 Å². The Bertz CT molecular complexity index is 1290. The highest BCUT2D eigenvalue weighted by Crippen LogP contribution is 2.36. The predicted molar refractivity (Wildman–Crippen MR) is 135 cm³/mol. The molecule has 2 aromatic carbocycles. The van der Waals surface area contributed by atoms with Crippen LogP contribution in [0.15, 0.2) is 48.7 Å². The first-order valence-corrected chi connectivity index (χ1v) is 11.0. The molecule has 0 saturated carbocycles. The van der Waals surface area contributed by atoms with Crippen molar-refractivity contribution in [3.63, 3.8) is 0 Å². The zero-order chi connectivity index (χ0) is 25.4. The molecule has 0 spiro atoms. The average Bonchev–Trinajstić information content (AvgIpc) is 2.84. The van der Waals surface area contributed by atoms with Gasteiger partial charge < -0.3 is 25.0 Å². The van der Waals surface area contributed by atoms with E-state index < -0.39 is 5.82 Å². The van der Waals surface area contributed by atoms with Crippen molar-refractivity contribution in [3.05, 3.63) is 65.1 Å². The second-order valence-corrected chi connectivity index (χ2v) is 8.04. The number of halogens is 2. The topological polar surface area (TPSA) is 99.5 Å². The summed E-state index contributed by atoms with van der Waals surface area (Å²) in [7, 11) is 5.05. The summed E-state index contributed by atoms with van der Waals surface area (Å²) >= 11 is 5.91. The van der Waals surface area contributed by atoms with E-state index in [-0.39, 0.29) is 16.5 Å². The average molecular weight is 498 g/mol. The second kappa shape index (κ2) is 12.1. The predicted octanol–water partition coefficient (Wildman–Crippen LogP) is 4.72. The number of methoxy groups -OCH3 is 2. The highest BCUT2D eigenvalue weighted by molar-refractivity contribution is 6.31. The van der Waals surface area contributed by atoms with Crippen molar-refractivity contribution in [2.24, 2.45) is 0 Å². The quantitative estimate of drug-likeness (QED) is 0.391. The van der Waals surface area contributed by atoms with Crippen LogP contribution in [0.4, 0.5) is 21.5 Å². The smallest absolute Gasteiger partial charge is 0.248 e. The number of nitriles is 1. The monoisotopic (exact) mass is 497 g/mol. The van der Waals surface area contributed by atoms with E-state index in [4.69, 9.17) is 21.1 Å². The molecule has 10 heteroatoms. The standard InChI is InChI=1S/C25H25ClFN5O3/c1-32(9-10-34-2)8-4-5-24(33)31-22-12-18-21(13-23(22)35-3)29-15-16(14-28)25(18)30-17-6-7-20(27)19(26)11-17/h4-7,11-13,15H,8-10H2,1-3H3,(H,29,30)(H,31,33). The van der Waals surface area contributed by atoms with Crippen molar-refractivity contribution >= 4 is 45.5 Å². The van der Waals surface area contributed by atoms with Gasteiger partial charge in [-0.15, -0.1) is 0 Å². The number of rotatable bonds is 10. The molecule has 0 unspecified atom stereocenters. The molecule has 1 heterocycles. The van der Waals surface area contributed by atoms with E-state index in [1.807, 2.05) is 11.9 Å². The van der Waals surface area contributed by atoms with E-state index >= 15 is 0 Å². The van der Waals surface area contributed by atoms with Gasteiger partial charge >= 0.3 is 0 Å². The summed E-state index contributed by atoms with van der Waals surface area (Å²) in [4.78, 5) is 18.9. The van der Waals surface area contributed by atoms with Crippen LogP contribution in [0, 0.1) is 17.1 Å². The van der Waals surface area contributed by atoms with Gasteiger partial charge in [0.25, 0.3) is 0 Å². The first-order chi connectivity index (χ1) is 16.9. The molecule has 182 valence electrons. The fourth-order valence-corrected chi connectivity index (χ4v) is 3.46. The fourth-order valence-electron chi connectivity index (χ4n) is 3.28. The molecule has 0 atom stereocenters. The van der Waals surface area contributed by atoms with Crippen molar-refractivity contribution in [3.8, 4) is 11.8 Å². The van der Waals surface area contributed by atoms with Crippen LogP contribution >= 0.6 is 11.6 Å². The number of hydrogen-bond donors (Lipinski definition) is 2. The number of nitrogens with zero attached hydrogens (tertiary/aromatic N) is 3. The van der Waals surface area contributed by atoms with E-state index in [0.29, 0.717) is 46.9 Å². The lowest BCUT2D eigenvalue weighted by Crippen LogP contribution is -2.23. The van der Waals surface area contributed by atoms with Crippen molar-refractivity contribution in [2.75, 3.05) is 51.6 Å². The van der Waals surface area contributed by atoms with Crippen LogP contribution in [0.2, 0.25) is 5.02 Å². The first kappa shape index (κ1) is 25.9. The maximum atomic E-state index is 13.6. The Morgan fingerprint density at radius 3 is 2.80 bits per heavy atom. The maximum absolute atomic E-state index is 13.6. The lowest BCUT2D eigenvalue weighted by Gasteiger charge is -2.15. The number of amides is 1. The van der Waals surface area contributed by atoms with E-state index in [1.165, 1.54) is 37.6 Å². The highest BCUT2D eigenvalue weighted by atomic mass is 35.5. The molecule has 0 fully saturated rings. The molecule has 0 radical (unpaired) electrons. The van der Waals surface area contributed by atoms with Gasteiger partial charge in [-0.1, -0.05) is 17.7 Å². The van der Waals surface area contributed by atoms with Crippen LogP contribution in [0.5, 0.6) is 5.75 Å². The Morgan fingerprint density at radius 1 is 1.31 bits per heavy atom. The third-order valence-corrected chi connectivity index (χ3v) is 5.41. The van der Waals surface area contributed by atoms with Gasteiger partial charge in [-0.25, -0.2) is 4.39 Å². The number of ether oxygens (including phenoxy) is 2. The number of anilines is 3. The second-order valence-electron chi connectivity index (χ2n) is 7.63. The summed E-state index contributed by atoms with van der Waals surface area (Å²) in [6, 6.07) is 9.60. The van der Waals surface area contributed by atoms with Gasteiger partial charge in [0.05, 0.1) is 41.2 Å². The van der Waals surface area contributed by atoms with Gasteiger partial charge in [0.2, 0.25) is 5.91 Å². The zero-order valence-corrected chi connectivity index (χ0v) is 20.3. The Labute approximate surface area is 207 Å². The molecule has 35 heavy (non-hydrogen) atoms. The largest absolute Gasteiger partial charge is 0.494 e. The van der Waals surface area contributed by atoms with E-state index in [2.05, 4.69) is 21.7 Å². The maximum Gasteiger partial charge on any atom is 0.248 e. The number of carbonyl (C=O) groups excluding carboxylic acids is 1. The SMILES string of the molecule is COCCN(C)CC=CC(=O)Nc1cc2c(Nc3ccc(F)c(Cl)c3)c(C#N)cnc2cc1OC. The van der Waals surface area contributed by atoms with Gasteiger partial charge in [-0.05, 0) is 31.3 Å². The summed E-state index contributed by atoms with van der Waals surface area (Å²) in [6.45, 7) is 1.92. The number of benzene rings is 2. The van der Waals surface area contributed by atoms with Gasteiger partial charge in [-0.2, -0.15) is 5.26 Å². The third-order valence-electron chi connectivity index (χ3n) is 5.12. The lowest BCUT2D eigenvalue weighted by atomic mass is 10.1. The molecule has 0 saturated heterocycles. The van der Waals surface area contributed by atoms with E-state index in [1.54, 1.807) is 25.3 Å². The van der Waals surface area contributed by atoms with Crippen LogP contribution in [0.1, 0.15) is 5.56 Å². The van der Waals surface area contributed by atoms with Crippen LogP contribution in [0.3, 0.4) is 0 Å². The van der Waals surface area contributed by atoms with Crippen LogP contribution < -0.4 is 15.4 Å². The molecular formula is C25H25ClFN5O3.